The van der Waals surface area contributed by atoms with Gasteiger partial charge in [0.25, 0.3) is 0 Å². The molecule has 0 saturated carbocycles. The maximum absolute atomic E-state index is 12.8. The summed E-state index contributed by atoms with van der Waals surface area (Å²) in [6.07, 6.45) is 0.823. The van der Waals surface area contributed by atoms with Gasteiger partial charge in [0.15, 0.2) is 11.5 Å². The fourth-order valence-corrected chi connectivity index (χ4v) is 4.46. The highest BCUT2D eigenvalue weighted by Gasteiger charge is 2.22. The SMILES string of the molecule is CC(C)c1ccc(-c2noc(CCC(=O)N3CCN(Cc4ccc5c(c4)OCCO5)CC3)n2)cc1. The summed E-state index contributed by atoms with van der Waals surface area (Å²) in [6, 6.07) is 14.3. The van der Waals surface area contributed by atoms with E-state index in [4.69, 9.17) is 14.0 Å². The molecule has 3 heterocycles. The van der Waals surface area contributed by atoms with Crippen molar-refractivity contribution in [1.82, 2.24) is 19.9 Å². The van der Waals surface area contributed by atoms with Gasteiger partial charge >= 0.3 is 0 Å². The Labute approximate surface area is 205 Å². The maximum atomic E-state index is 12.8. The van der Waals surface area contributed by atoms with Crippen LogP contribution in [0.1, 0.15) is 43.2 Å². The lowest BCUT2D eigenvalue weighted by Gasteiger charge is -2.35. The molecule has 1 aromatic heterocycles. The highest BCUT2D eigenvalue weighted by atomic mass is 16.6. The molecule has 1 fully saturated rings. The van der Waals surface area contributed by atoms with E-state index in [1.807, 2.05) is 23.1 Å². The van der Waals surface area contributed by atoms with Crippen LogP contribution in [0.15, 0.2) is 47.0 Å². The summed E-state index contributed by atoms with van der Waals surface area (Å²) in [5.74, 6) is 3.30. The molecule has 8 nitrogen and oxygen atoms in total. The summed E-state index contributed by atoms with van der Waals surface area (Å²) in [5, 5.41) is 4.09. The summed E-state index contributed by atoms with van der Waals surface area (Å²) < 4.78 is 16.7. The monoisotopic (exact) mass is 476 g/mol. The van der Waals surface area contributed by atoms with E-state index in [1.165, 1.54) is 11.1 Å². The van der Waals surface area contributed by atoms with Crippen LogP contribution in [0.3, 0.4) is 0 Å². The third-order valence-electron chi connectivity index (χ3n) is 6.59. The molecule has 0 atom stereocenters. The summed E-state index contributed by atoms with van der Waals surface area (Å²) in [6.45, 7) is 9.49. The minimum Gasteiger partial charge on any atom is -0.486 e. The van der Waals surface area contributed by atoms with Crippen LogP contribution in [0.4, 0.5) is 0 Å². The molecule has 2 aliphatic heterocycles. The third kappa shape index (κ3) is 5.65. The van der Waals surface area contributed by atoms with Crippen molar-refractivity contribution in [1.29, 1.82) is 0 Å². The van der Waals surface area contributed by atoms with Gasteiger partial charge in [-0.1, -0.05) is 49.3 Å². The topological polar surface area (TPSA) is 80.9 Å². The van der Waals surface area contributed by atoms with Crippen LogP contribution in [0.2, 0.25) is 0 Å². The van der Waals surface area contributed by atoms with Gasteiger partial charge in [-0.3, -0.25) is 9.69 Å². The van der Waals surface area contributed by atoms with Crippen molar-refractivity contribution in [2.75, 3.05) is 39.4 Å². The number of hydrogen-bond acceptors (Lipinski definition) is 7. The lowest BCUT2D eigenvalue weighted by molar-refractivity contribution is -0.133. The van der Waals surface area contributed by atoms with Gasteiger partial charge in [0.1, 0.15) is 13.2 Å². The fraction of sp³-hybridized carbons (Fsp3) is 0.444. The minimum atomic E-state index is 0.130. The lowest BCUT2D eigenvalue weighted by Crippen LogP contribution is -2.48. The number of hydrogen-bond donors (Lipinski definition) is 0. The first-order valence-corrected chi connectivity index (χ1v) is 12.4. The standard InChI is InChI=1S/C27H32N4O4/c1-19(2)21-4-6-22(7-5-21)27-28-25(35-29-27)9-10-26(32)31-13-11-30(12-14-31)18-20-3-8-23-24(17-20)34-16-15-33-23/h3-8,17,19H,9-16,18H2,1-2H3. The number of carbonyl (C=O) groups excluding carboxylic acids is 1. The molecule has 0 bridgehead atoms. The van der Waals surface area contributed by atoms with Gasteiger partial charge < -0.3 is 18.9 Å². The van der Waals surface area contributed by atoms with Crippen LogP contribution in [0, 0.1) is 0 Å². The van der Waals surface area contributed by atoms with Crippen molar-refractivity contribution in [3.63, 3.8) is 0 Å². The number of ether oxygens (including phenoxy) is 2. The van der Waals surface area contributed by atoms with E-state index in [0.717, 1.165) is 49.8 Å². The van der Waals surface area contributed by atoms with Crippen LogP contribution >= 0.6 is 0 Å². The molecule has 1 saturated heterocycles. The van der Waals surface area contributed by atoms with Gasteiger partial charge in [-0.05, 0) is 29.2 Å². The quantitative estimate of drug-likeness (QED) is 0.511. The van der Waals surface area contributed by atoms with Gasteiger partial charge in [0.05, 0.1) is 0 Å². The average molecular weight is 477 g/mol. The summed E-state index contributed by atoms with van der Waals surface area (Å²) >= 11 is 0. The Morgan fingerprint density at radius 2 is 1.71 bits per heavy atom. The van der Waals surface area contributed by atoms with E-state index in [9.17, 15) is 4.79 Å². The number of piperazine rings is 1. The molecule has 184 valence electrons. The molecule has 3 aromatic rings. The van der Waals surface area contributed by atoms with E-state index < -0.39 is 0 Å². The molecule has 2 aliphatic rings. The predicted molar refractivity (Wildman–Crippen MR) is 131 cm³/mol. The fourth-order valence-electron chi connectivity index (χ4n) is 4.46. The molecule has 0 N–H and O–H groups in total. The Morgan fingerprint density at radius 3 is 2.46 bits per heavy atom. The van der Waals surface area contributed by atoms with Crippen molar-refractivity contribution in [3.8, 4) is 22.9 Å². The normalized spacial score (nSPS) is 16.0. The van der Waals surface area contributed by atoms with Crippen LogP contribution in [0.5, 0.6) is 11.5 Å². The summed E-state index contributed by atoms with van der Waals surface area (Å²) in [5.41, 5.74) is 3.39. The summed E-state index contributed by atoms with van der Waals surface area (Å²) in [4.78, 5) is 21.5. The van der Waals surface area contributed by atoms with Crippen molar-refractivity contribution in [2.45, 2.75) is 39.2 Å². The molecule has 5 rings (SSSR count). The highest BCUT2D eigenvalue weighted by molar-refractivity contribution is 5.76. The van der Waals surface area contributed by atoms with Gasteiger partial charge in [-0.15, -0.1) is 0 Å². The van der Waals surface area contributed by atoms with Crippen molar-refractivity contribution >= 4 is 5.91 Å². The number of aryl methyl sites for hydroxylation is 1. The first kappa shape index (κ1) is 23.4. The second-order valence-electron chi connectivity index (χ2n) is 9.42. The predicted octanol–water partition coefficient (Wildman–Crippen LogP) is 3.91. The van der Waals surface area contributed by atoms with Crippen molar-refractivity contribution in [2.24, 2.45) is 0 Å². The molecular formula is C27H32N4O4. The number of aromatic nitrogens is 2. The van der Waals surface area contributed by atoms with Crippen LogP contribution in [0.25, 0.3) is 11.4 Å². The van der Waals surface area contributed by atoms with E-state index in [-0.39, 0.29) is 5.91 Å². The van der Waals surface area contributed by atoms with E-state index in [1.54, 1.807) is 0 Å². The molecule has 35 heavy (non-hydrogen) atoms. The zero-order valence-corrected chi connectivity index (χ0v) is 20.4. The lowest BCUT2D eigenvalue weighted by atomic mass is 10.0. The van der Waals surface area contributed by atoms with E-state index >= 15 is 0 Å². The number of nitrogens with zero attached hydrogens (tertiary/aromatic N) is 4. The van der Waals surface area contributed by atoms with E-state index in [2.05, 4.69) is 53.2 Å². The number of rotatable bonds is 7. The highest BCUT2D eigenvalue weighted by Crippen LogP contribution is 2.31. The molecule has 2 aromatic carbocycles. The molecule has 1 amide bonds. The van der Waals surface area contributed by atoms with Crippen molar-refractivity contribution in [3.05, 3.63) is 59.5 Å². The Hall–Kier alpha value is -3.39. The second kappa shape index (κ2) is 10.5. The van der Waals surface area contributed by atoms with E-state index in [0.29, 0.717) is 43.7 Å². The molecule has 0 radical (unpaired) electrons. The van der Waals surface area contributed by atoms with Gasteiger partial charge in [-0.2, -0.15) is 4.98 Å². The van der Waals surface area contributed by atoms with Gasteiger partial charge in [0.2, 0.25) is 17.6 Å². The zero-order chi connectivity index (χ0) is 24.2. The number of benzene rings is 2. The largest absolute Gasteiger partial charge is 0.486 e. The Kier molecular flexibility index (Phi) is 6.99. The Balaban J connectivity index is 1.08. The van der Waals surface area contributed by atoms with Crippen LogP contribution < -0.4 is 9.47 Å². The molecule has 0 spiro atoms. The first-order chi connectivity index (χ1) is 17.0. The van der Waals surface area contributed by atoms with Gasteiger partial charge in [-0.25, -0.2) is 0 Å². The molecule has 8 heteroatoms. The second-order valence-corrected chi connectivity index (χ2v) is 9.42. The maximum Gasteiger partial charge on any atom is 0.227 e. The average Bonchev–Trinajstić information content (AvgIpc) is 3.37. The minimum absolute atomic E-state index is 0.130. The summed E-state index contributed by atoms with van der Waals surface area (Å²) in [7, 11) is 0. The smallest absolute Gasteiger partial charge is 0.227 e. The number of amides is 1. The zero-order valence-electron chi connectivity index (χ0n) is 20.4. The Morgan fingerprint density at radius 1 is 0.971 bits per heavy atom. The first-order valence-electron chi connectivity index (χ1n) is 12.4. The molecule has 0 unspecified atom stereocenters. The van der Waals surface area contributed by atoms with Crippen molar-refractivity contribution < 1.29 is 18.8 Å². The van der Waals surface area contributed by atoms with Crippen LogP contribution in [-0.4, -0.2) is 65.2 Å². The number of carbonyl (C=O) groups is 1. The molecule has 0 aliphatic carbocycles. The third-order valence-corrected chi connectivity index (χ3v) is 6.59. The van der Waals surface area contributed by atoms with Gasteiger partial charge in [0, 0.05) is 51.1 Å². The van der Waals surface area contributed by atoms with Crippen LogP contribution in [-0.2, 0) is 17.8 Å². The number of fused-ring (bicyclic) bond motifs is 1. The molecular weight excluding hydrogens is 444 g/mol. The Bertz CT molecular complexity index is 1150.